The average molecular weight is 1020 g/mol. The average Bonchev–Trinajstić information content (AvgIpc) is 3.40. The number of ether oxygens (including phenoxy) is 3. The molecule has 1 atom stereocenters. The van der Waals surface area contributed by atoms with E-state index in [1.807, 2.05) is 0 Å². The zero-order valence-electron chi connectivity index (χ0n) is 47.8. The first-order chi connectivity index (χ1) is 36.5. The molecule has 74 heavy (non-hydrogen) atoms. The molecule has 0 amide bonds. The summed E-state index contributed by atoms with van der Waals surface area (Å²) in [5.41, 5.74) is 0. The molecule has 0 heterocycles. The lowest BCUT2D eigenvalue weighted by Crippen LogP contribution is -2.30. The fraction of sp³-hybridized carbons (Fsp3) is 0.632. The van der Waals surface area contributed by atoms with Crippen molar-refractivity contribution in [2.45, 2.75) is 264 Å². The summed E-state index contributed by atoms with van der Waals surface area (Å²) in [5.74, 6) is -0.933. The first-order valence-electron chi connectivity index (χ1n) is 30.2. The van der Waals surface area contributed by atoms with Crippen LogP contribution in [0.2, 0.25) is 0 Å². The predicted octanol–water partition coefficient (Wildman–Crippen LogP) is 20.6. The van der Waals surface area contributed by atoms with Crippen molar-refractivity contribution in [2.24, 2.45) is 0 Å². The lowest BCUT2D eigenvalue weighted by Gasteiger charge is -2.18. The van der Waals surface area contributed by atoms with E-state index in [1.54, 1.807) is 0 Å². The number of carbonyl (C=O) groups excluding carboxylic acids is 3. The van der Waals surface area contributed by atoms with Crippen LogP contribution in [0.4, 0.5) is 0 Å². The molecule has 0 aromatic carbocycles. The molecule has 0 N–H and O–H groups in total. The maximum Gasteiger partial charge on any atom is 0.306 e. The van der Waals surface area contributed by atoms with Gasteiger partial charge in [-0.05, 0) is 128 Å². The van der Waals surface area contributed by atoms with Gasteiger partial charge in [0, 0.05) is 19.3 Å². The van der Waals surface area contributed by atoms with Crippen LogP contribution in [0.5, 0.6) is 0 Å². The van der Waals surface area contributed by atoms with E-state index in [4.69, 9.17) is 14.2 Å². The predicted molar refractivity (Wildman–Crippen MR) is 320 cm³/mol. The van der Waals surface area contributed by atoms with E-state index in [1.165, 1.54) is 51.4 Å². The van der Waals surface area contributed by atoms with Gasteiger partial charge in [-0.3, -0.25) is 14.4 Å². The molecule has 0 aromatic rings. The fourth-order valence-electron chi connectivity index (χ4n) is 7.91. The molecule has 0 rings (SSSR count). The number of hydrogen-bond acceptors (Lipinski definition) is 6. The smallest absolute Gasteiger partial charge is 0.306 e. The number of carbonyl (C=O) groups is 3. The van der Waals surface area contributed by atoms with E-state index in [9.17, 15) is 14.4 Å². The van der Waals surface area contributed by atoms with Gasteiger partial charge in [-0.25, -0.2) is 0 Å². The van der Waals surface area contributed by atoms with Crippen molar-refractivity contribution in [1.82, 2.24) is 0 Å². The van der Waals surface area contributed by atoms with Gasteiger partial charge in [-0.1, -0.05) is 244 Å². The van der Waals surface area contributed by atoms with Gasteiger partial charge >= 0.3 is 17.9 Å². The Morgan fingerprint density at radius 2 is 0.527 bits per heavy atom. The molecule has 0 saturated carbocycles. The number of esters is 3. The van der Waals surface area contributed by atoms with Crippen LogP contribution in [0.1, 0.15) is 258 Å². The molecule has 0 saturated heterocycles. The number of allylic oxidation sites excluding steroid dienone is 22. The maximum absolute atomic E-state index is 12.9. The van der Waals surface area contributed by atoms with E-state index in [0.717, 1.165) is 167 Å². The minimum Gasteiger partial charge on any atom is -0.462 e. The Balaban J connectivity index is 4.35. The topological polar surface area (TPSA) is 78.9 Å². The number of unbranched alkanes of at least 4 members (excludes halogenated alkanes) is 20. The molecule has 0 radical (unpaired) electrons. The molecule has 0 aromatic heterocycles. The molecule has 0 aliphatic heterocycles. The van der Waals surface area contributed by atoms with Crippen molar-refractivity contribution in [3.63, 3.8) is 0 Å². The van der Waals surface area contributed by atoms with Crippen LogP contribution in [0.15, 0.2) is 134 Å². The Kier molecular flexibility index (Phi) is 57.4. The quantitative estimate of drug-likeness (QED) is 0.0261. The number of hydrogen-bond donors (Lipinski definition) is 0. The van der Waals surface area contributed by atoms with Crippen LogP contribution in [-0.4, -0.2) is 37.2 Å². The first-order valence-corrected chi connectivity index (χ1v) is 30.2. The third kappa shape index (κ3) is 58.4. The van der Waals surface area contributed by atoms with E-state index >= 15 is 0 Å². The van der Waals surface area contributed by atoms with Gasteiger partial charge in [0.1, 0.15) is 13.2 Å². The van der Waals surface area contributed by atoms with Crippen LogP contribution in [0.25, 0.3) is 0 Å². The summed E-state index contributed by atoms with van der Waals surface area (Å²) in [7, 11) is 0. The van der Waals surface area contributed by atoms with E-state index in [0.29, 0.717) is 19.3 Å². The van der Waals surface area contributed by atoms with Gasteiger partial charge in [0.05, 0.1) is 0 Å². The van der Waals surface area contributed by atoms with Crippen molar-refractivity contribution in [2.75, 3.05) is 13.2 Å². The highest BCUT2D eigenvalue weighted by molar-refractivity contribution is 5.71. The Morgan fingerprint density at radius 3 is 0.838 bits per heavy atom. The summed E-state index contributed by atoms with van der Waals surface area (Å²) in [6.45, 7) is 6.32. The highest BCUT2D eigenvalue weighted by Crippen LogP contribution is 2.14. The minimum atomic E-state index is -0.799. The van der Waals surface area contributed by atoms with Crippen LogP contribution < -0.4 is 0 Å². The Bertz CT molecular complexity index is 1600. The summed E-state index contributed by atoms with van der Waals surface area (Å²) < 4.78 is 16.8. The second-order valence-electron chi connectivity index (χ2n) is 19.5. The monoisotopic (exact) mass is 1020 g/mol. The van der Waals surface area contributed by atoms with Gasteiger partial charge in [-0.15, -0.1) is 0 Å². The molecule has 418 valence electrons. The highest BCUT2D eigenvalue weighted by Gasteiger charge is 2.19. The second-order valence-corrected chi connectivity index (χ2v) is 19.5. The molecule has 6 heteroatoms. The molecule has 0 spiro atoms. The lowest BCUT2D eigenvalue weighted by molar-refractivity contribution is -0.167. The van der Waals surface area contributed by atoms with Crippen molar-refractivity contribution >= 4 is 17.9 Å². The van der Waals surface area contributed by atoms with Crippen LogP contribution in [0, 0.1) is 0 Å². The minimum absolute atomic E-state index is 0.0958. The van der Waals surface area contributed by atoms with Crippen LogP contribution >= 0.6 is 0 Å². The molecular formula is C68H110O6. The Morgan fingerprint density at radius 1 is 0.284 bits per heavy atom. The van der Waals surface area contributed by atoms with Crippen LogP contribution in [-0.2, 0) is 28.6 Å². The third-order valence-electron chi connectivity index (χ3n) is 12.4. The van der Waals surface area contributed by atoms with Crippen LogP contribution in [0.3, 0.4) is 0 Å². The zero-order valence-corrected chi connectivity index (χ0v) is 47.8. The van der Waals surface area contributed by atoms with Gasteiger partial charge in [0.15, 0.2) is 6.10 Å². The summed E-state index contributed by atoms with van der Waals surface area (Å²) >= 11 is 0. The molecule has 0 fully saturated rings. The van der Waals surface area contributed by atoms with E-state index in [-0.39, 0.29) is 31.1 Å². The Hall–Kier alpha value is -4.45. The molecule has 0 aliphatic rings. The lowest BCUT2D eigenvalue weighted by atomic mass is 10.1. The standard InChI is InChI=1S/C68H110O6/c1-4-7-10-13-16-19-22-24-26-28-30-32-33-34-35-37-38-40-42-44-46-49-52-55-58-61-67(70)73-64-65(63-72-66(69)60-57-54-51-48-21-18-15-12-9-6-3)74-68(71)62-59-56-53-50-47-45-43-41-39-36-31-29-27-25-23-20-17-14-11-8-5-2/h7-8,10-12,15-17,19-20,24-27,30-32,34-36,41,43,65H,4-6,9,13-14,18,21-23,28-29,33,37-40,42,44-64H2,1-3H3/b10-7-,11-8-,15-12-,19-16-,20-17-,26-24-,27-25-,32-30-,35-34-,36-31-,43-41-. The molecular weight excluding hydrogens is 913 g/mol. The van der Waals surface area contributed by atoms with Gasteiger partial charge in [-0.2, -0.15) is 0 Å². The summed E-state index contributed by atoms with van der Waals surface area (Å²) in [4.78, 5) is 38.2. The molecule has 0 bridgehead atoms. The molecule has 1 unspecified atom stereocenters. The number of rotatable bonds is 53. The van der Waals surface area contributed by atoms with Gasteiger partial charge < -0.3 is 14.2 Å². The third-order valence-corrected chi connectivity index (χ3v) is 12.4. The van der Waals surface area contributed by atoms with Gasteiger partial charge in [0.25, 0.3) is 0 Å². The Labute approximate surface area is 455 Å². The second kappa shape index (κ2) is 61.1. The summed E-state index contributed by atoms with van der Waals surface area (Å²) in [6.07, 6.45) is 85.9. The SMILES string of the molecule is CC/C=C\C/C=C\C/C=C\C/C=C\C/C=C\CCCCCCCCCCCC(=O)OCC(COC(=O)CCCCCCC/C=C\CCC)OC(=O)CCCCCCC/C=C\C/C=C\C/C=C\C/C=C\C/C=C\CC. The molecule has 6 nitrogen and oxygen atoms in total. The van der Waals surface area contributed by atoms with E-state index in [2.05, 4.69) is 154 Å². The normalized spacial score (nSPS) is 13.1. The van der Waals surface area contributed by atoms with Crippen molar-refractivity contribution in [3.05, 3.63) is 134 Å². The molecule has 0 aliphatic carbocycles. The van der Waals surface area contributed by atoms with Crippen molar-refractivity contribution in [3.8, 4) is 0 Å². The summed E-state index contributed by atoms with van der Waals surface area (Å²) in [5, 5.41) is 0. The largest absolute Gasteiger partial charge is 0.462 e. The first kappa shape index (κ1) is 69.5. The highest BCUT2D eigenvalue weighted by atomic mass is 16.6. The van der Waals surface area contributed by atoms with Crippen molar-refractivity contribution in [1.29, 1.82) is 0 Å². The fourth-order valence-corrected chi connectivity index (χ4v) is 7.91. The van der Waals surface area contributed by atoms with Gasteiger partial charge in [0.2, 0.25) is 0 Å². The van der Waals surface area contributed by atoms with E-state index < -0.39 is 6.10 Å². The summed E-state index contributed by atoms with van der Waals surface area (Å²) in [6, 6.07) is 0. The zero-order chi connectivity index (χ0) is 53.6. The van der Waals surface area contributed by atoms with Crippen molar-refractivity contribution < 1.29 is 28.6 Å². The maximum atomic E-state index is 12.9.